The molecule has 0 heterocycles. The van der Waals surface area contributed by atoms with Crippen molar-refractivity contribution in [2.24, 2.45) is 0 Å². The lowest BCUT2D eigenvalue weighted by Crippen LogP contribution is -2.17. The normalized spacial score (nSPS) is 11.3. The maximum atomic E-state index is 13.1. The zero-order chi connectivity index (χ0) is 11.6. The second-order valence-electron chi connectivity index (χ2n) is 4.62. The summed E-state index contributed by atoms with van der Waals surface area (Å²) in [5.74, 6) is -0.430. The standard InChI is InChI=1S/C12H16FNO/c1-8(15)14-11-6-5-9(13)7-10(11)12(2,3)4/h5-7H,1-4H3,(H,14,15). The predicted molar refractivity (Wildman–Crippen MR) is 59.4 cm³/mol. The number of halogens is 1. The number of rotatable bonds is 1. The summed E-state index contributed by atoms with van der Waals surface area (Å²) < 4.78 is 13.1. The number of benzene rings is 1. The molecule has 1 aromatic carbocycles. The van der Waals surface area contributed by atoms with Gasteiger partial charge in [-0.25, -0.2) is 4.39 Å². The molecule has 0 saturated heterocycles. The van der Waals surface area contributed by atoms with Gasteiger partial charge >= 0.3 is 0 Å². The van der Waals surface area contributed by atoms with Crippen molar-refractivity contribution in [3.63, 3.8) is 0 Å². The molecule has 0 fully saturated rings. The molecular weight excluding hydrogens is 193 g/mol. The topological polar surface area (TPSA) is 29.1 Å². The van der Waals surface area contributed by atoms with E-state index in [1.807, 2.05) is 20.8 Å². The van der Waals surface area contributed by atoms with Gasteiger partial charge in [-0.05, 0) is 29.2 Å². The van der Waals surface area contributed by atoms with Crippen molar-refractivity contribution in [2.45, 2.75) is 33.1 Å². The van der Waals surface area contributed by atoms with Gasteiger partial charge in [0.2, 0.25) is 5.91 Å². The van der Waals surface area contributed by atoms with Crippen molar-refractivity contribution in [1.82, 2.24) is 0 Å². The third-order valence-electron chi connectivity index (χ3n) is 2.10. The van der Waals surface area contributed by atoms with Gasteiger partial charge < -0.3 is 5.32 Å². The van der Waals surface area contributed by atoms with E-state index < -0.39 is 0 Å². The minimum absolute atomic E-state index is 0.146. The molecule has 0 aromatic heterocycles. The van der Waals surface area contributed by atoms with Crippen LogP contribution in [0.25, 0.3) is 0 Å². The van der Waals surface area contributed by atoms with Gasteiger partial charge in [0.05, 0.1) is 0 Å². The molecule has 0 unspecified atom stereocenters. The summed E-state index contributed by atoms with van der Waals surface area (Å²) in [7, 11) is 0. The zero-order valence-electron chi connectivity index (χ0n) is 9.52. The molecule has 1 rings (SSSR count). The van der Waals surface area contributed by atoms with Gasteiger partial charge in [0.1, 0.15) is 5.82 Å². The van der Waals surface area contributed by atoms with Crippen LogP contribution >= 0.6 is 0 Å². The van der Waals surface area contributed by atoms with Gasteiger partial charge in [0, 0.05) is 12.6 Å². The molecular formula is C12H16FNO. The first-order valence-corrected chi connectivity index (χ1v) is 4.88. The number of carbonyl (C=O) groups excluding carboxylic acids is 1. The Morgan fingerprint density at radius 1 is 1.33 bits per heavy atom. The van der Waals surface area contributed by atoms with E-state index >= 15 is 0 Å². The number of amides is 1. The Bertz CT molecular complexity index is 380. The predicted octanol–water partition coefficient (Wildman–Crippen LogP) is 3.08. The SMILES string of the molecule is CC(=O)Nc1ccc(F)cc1C(C)(C)C. The lowest BCUT2D eigenvalue weighted by molar-refractivity contribution is -0.114. The van der Waals surface area contributed by atoms with Crippen LogP contribution in [-0.2, 0) is 10.2 Å². The van der Waals surface area contributed by atoms with E-state index in [-0.39, 0.29) is 17.1 Å². The number of carbonyl (C=O) groups is 1. The lowest BCUT2D eigenvalue weighted by atomic mass is 9.85. The molecule has 1 amide bonds. The Morgan fingerprint density at radius 3 is 2.40 bits per heavy atom. The molecule has 1 N–H and O–H groups in total. The molecule has 15 heavy (non-hydrogen) atoms. The summed E-state index contributed by atoms with van der Waals surface area (Å²) in [5.41, 5.74) is 1.29. The van der Waals surface area contributed by atoms with Gasteiger partial charge in [-0.2, -0.15) is 0 Å². The van der Waals surface area contributed by atoms with Crippen molar-refractivity contribution in [1.29, 1.82) is 0 Å². The van der Waals surface area contributed by atoms with Crippen LogP contribution in [0, 0.1) is 5.82 Å². The highest BCUT2D eigenvalue weighted by Gasteiger charge is 2.19. The molecule has 0 radical (unpaired) electrons. The molecule has 0 spiro atoms. The van der Waals surface area contributed by atoms with Gasteiger partial charge in [-0.15, -0.1) is 0 Å². The Kier molecular flexibility index (Phi) is 3.12. The van der Waals surface area contributed by atoms with E-state index in [9.17, 15) is 9.18 Å². The van der Waals surface area contributed by atoms with E-state index in [1.54, 1.807) is 6.07 Å². The van der Waals surface area contributed by atoms with Crippen molar-refractivity contribution >= 4 is 11.6 Å². The second kappa shape index (κ2) is 4.01. The fourth-order valence-electron chi connectivity index (χ4n) is 1.44. The highest BCUT2D eigenvalue weighted by atomic mass is 19.1. The largest absolute Gasteiger partial charge is 0.326 e. The van der Waals surface area contributed by atoms with Crippen LogP contribution in [0.2, 0.25) is 0 Å². The molecule has 2 nitrogen and oxygen atoms in total. The van der Waals surface area contributed by atoms with E-state index in [2.05, 4.69) is 5.32 Å². The van der Waals surface area contributed by atoms with Gasteiger partial charge in [0.15, 0.2) is 0 Å². The summed E-state index contributed by atoms with van der Waals surface area (Å²) in [4.78, 5) is 11.0. The number of hydrogen-bond donors (Lipinski definition) is 1. The van der Waals surface area contributed by atoms with Gasteiger partial charge in [-0.3, -0.25) is 4.79 Å². The van der Waals surface area contributed by atoms with E-state index in [1.165, 1.54) is 19.1 Å². The van der Waals surface area contributed by atoms with Crippen molar-refractivity contribution in [2.75, 3.05) is 5.32 Å². The average molecular weight is 209 g/mol. The zero-order valence-corrected chi connectivity index (χ0v) is 9.52. The van der Waals surface area contributed by atoms with Gasteiger partial charge in [0.25, 0.3) is 0 Å². The maximum absolute atomic E-state index is 13.1. The minimum Gasteiger partial charge on any atom is -0.326 e. The molecule has 0 saturated carbocycles. The molecule has 0 atom stereocenters. The second-order valence-corrected chi connectivity index (χ2v) is 4.62. The summed E-state index contributed by atoms with van der Waals surface area (Å²) in [6.45, 7) is 7.38. The monoisotopic (exact) mass is 209 g/mol. The van der Waals surface area contributed by atoms with Crippen molar-refractivity contribution in [3.05, 3.63) is 29.6 Å². The molecule has 0 aliphatic heterocycles. The van der Waals surface area contributed by atoms with Crippen LogP contribution < -0.4 is 5.32 Å². The summed E-state index contributed by atoms with van der Waals surface area (Å²) >= 11 is 0. The van der Waals surface area contributed by atoms with E-state index in [0.29, 0.717) is 5.69 Å². The van der Waals surface area contributed by atoms with Crippen LogP contribution in [0.5, 0.6) is 0 Å². The maximum Gasteiger partial charge on any atom is 0.221 e. The smallest absolute Gasteiger partial charge is 0.221 e. The van der Waals surface area contributed by atoms with E-state index in [4.69, 9.17) is 0 Å². The van der Waals surface area contributed by atoms with Crippen LogP contribution in [0.1, 0.15) is 33.3 Å². The van der Waals surface area contributed by atoms with E-state index in [0.717, 1.165) is 5.56 Å². The number of hydrogen-bond acceptors (Lipinski definition) is 1. The molecule has 0 aliphatic carbocycles. The Hall–Kier alpha value is -1.38. The minimum atomic E-state index is -0.283. The first kappa shape index (κ1) is 11.7. The summed E-state index contributed by atoms with van der Waals surface area (Å²) in [5, 5.41) is 2.70. The fraction of sp³-hybridized carbons (Fsp3) is 0.417. The molecule has 1 aromatic rings. The third-order valence-corrected chi connectivity index (χ3v) is 2.10. The quantitative estimate of drug-likeness (QED) is 0.756. The Labute approximate surface area is 89.5 Å². The van der Waals surface area contributed by atoms with Crippen LogP contribution in [-0.4, -0.2) is 5.91 Å². The highest BCUT2D eigenvalue weighted by molar-refractivity contribution is 5.89. The molecule has 0 aliphatic rings. The van der Waals surface area contributed by atoms with Gasteiger partial charge in [-0.1, -0.05) is 20.8 Å². The average Bonchev–Trinajstić information content (AvgIpc) is 2.05. The summed E-state index contributed by atoms with van der Waals surface area (Å²) in [6.07, 6.45) is 0. The Balaban J connectivity index is 3.20. The lowest BCUT2D eigenvalue weighted by Gasteiger charge is -2.22. The first-order valence-electron chi connectivity index (χ1n) is 4.88. The van der Waals surface area contributed by atoms with Crippen LogP contribution in [0.4, 0.5) is 10.1 Å². The van der Waals surface area contributed by atoms with Crippen LogP contribution in [0.3, 0.4) is 0 Å². The number of nitrogens with one attached hydrogen (secondary N) is 1. The molecule has 3 heteroatoms. The fourth-order valence-corrected chi connectivity index (χ4v) is 1.44. The first-order chi connectivity index (χ1) is 6.80. The highest BCUT2D eigenvalue weighted by Crippen LogP contribution is 2.30. The van der Waals surface area contributed by atoms with Crippen molar-refractivity contribution < 1.29 is 9.18 Å². The number of anilines is 1. The summed E-state index contributed by atoms with van der Waals surface area (Å²) in [6, 6.07) is 4.41. The van der Waals surface area contributed by atoms with Crippen LogP contribution in [0.15, 0.2) is 18.2 Å². The Morgan fingerprint density at radius 2 is 1.93 bits per heavy atom. The van der Waals surface area contributed by atoms with Crippen molar-refractivity contribution in [3.8, 4) is 0 Å². The molecule has 0 bridgehead atoms. The third kappa shape index (κ3) is 3.05. The molecule has 82 valence electrons.